The molecule has 8 nitrogen and oxygen atoms in total. The monoisotopic (exact) mass is 519 g/mol. The van der Waals surface area contributed by atoms with Gasteiger partial charge in [0.15, 0.2) is 0 Å². The average molecular weight is 520 g/mol. The van der Waals surface area contributed by atoms with Crippen molar-refractivity contribution in [2.45, 2.75) is 67.2 Å². The number of hydrogen-bond donors (Lipinski definition) is 1. The SMILES string of the molecule is O=C(CN(C1CCCC1)S(=O)(=O)c1ccc(S(=O)(=O)N2CCCCCC2)cc1)Nc1ccccc1. The van der Waals surface area contributed by atoms with Crippen LogP contribution in [0.1, 0.15) is 51.4 Å². The lowest BCUT2D eigenvalue weighted by Crippen LogP contribution is -2.43. The van der Waals surface area contributed by atoms with Crippen molar-refractivity contribution in [1.82, 2.24) is 8.61 Å². The van der Waals surface area contributed by atoms with Crippen LogP contribution in [0.25, 0.3) is 0 Å². The standard InChI is InChI=1S/C25H33N3O5S2/c29-25(26-21-10-4-3-5-11-21)20-28(22-12-6-7-13-22)35(32,33)24-16-14-23(15-17-24)34(30,31)27-18-8-1-2-9-19-27/h3-5,10-11,14-17,22H,1-2,6-9,12-13,18-20H2,(H,26,29). The van der Waals surface area contributed by atoms with E-state index >= 15 is 0 Å². The van der Waals surface area contributed by atoms with Crippen LogP contribution >= 0.6 is 0 Å². The van der Waals surface area contributed by atoms with Gasteiger partial charge in [0.25, 0.3) is 0 Å². The highest BCUT2D eigenvalue weighted by atomic mass is 32.2. The lowest BCUT2D eigenvalue weighted by Gasteiger charge is -2.27. The number of rotatable bonds is 8. The van der Waals surface area contributed by atoms with Crippen molar-refractivity contribution >= 4 is 31.6 Å². The van der Waals surface area contributed by atoms with Crippen molar-refractivity contribution in [3.05, 3.63) is 54.6 Å². The molecule has 2 aromatic rings. The highest BCUT2D eigenvalue weighted by Gasteiger charge is 2.35. The Bertz CT molecular complexity index is 1200. The number of sulfonamides is 2. The summed E-state index contributed by atoms with van der Waals surface area (Å²) in [6.45, 7) is 0.665. The summed E-state index contributed by atoms with van der Waals surface area (Å²) in [7, 11) is -7.68. The Morgan fingerprint density at radius 3 is 1.97 bits per heavy atom. The Balaban J connectivity index is 1.55. The Kier molecular flexibility index (Phi) is 8.26. The van der Waals surface area contributed by atoms with Gasteiger partial charge in [0.05, 0.1) is 16.3 Å². The van der Waals surface area contributed by atoms with Crippen molar-refractivity contribution < 1.29 is 21.6 Å². The highest BCUT2D eigenvalue weighted by molar-refractivity contribution is 7.89. The third-order valence-corrected chi connectivity index (χ3v) is 10.5. The van der Waals surface area contributed by atoms with Gasteiger partial charge in [-0.1, -0.05) is 43.9 Å². The van der Waals surface area contributed by atoms with Gasteiger partial charge in [-0.15, -0.1) is 0 Å². The maximum absolute atomic E-state index is 13.6. The molecule has 1 aliphatic carbocycles. The van der Waals surface area contributed by atoms with Crippen LogP contribution in [0.4, 0.5) is 5.69 Å². The molecule has 0 spiro atoms. The van der Waals surface area contributed by atoms with Crippen molar-refractivity contribution in [3.8, 4) is 0 Å². The van der Waals surface area contributed by atoms with E-state index in [0.29, 0.717) is 31.6 Å². The largest absolute Gasteiger partial charge is 0.325 e. The summed E-state index contributed by atoms with van der Waals surface area (Å²) < 4.78 is 56.1. The molecule has 190 valence electrons. The maximum Gasteiger partial charge on any atom is 0.243 e. The Hall–Kier alpha value is -2.27. The minimum atomic E-state index is -4.00. The molecule has 35 heavy (non-hydrogen) atoms. The van der Waals surface area contributed by atoms with Crippen molar-refractivity contribution in [1.29, 1.82) is 0 Å². The predicted octanol–water partition coefficient (Wildman–Crippen LogP) is 3.82. The van der Waals surface area contributed by atoms with Crippen LogP contribution in [0, 0.1) is 0 Å². The first-order valence-corrected chi connectivity index (χ1v) is 15.1. The van der Waals surface area contributed by atoms with Gasteiger partial charge in [-0.05, 0) is 62.1 Å². The molecular formula is C25H33N3O5S2. The minimum Gasteiger partial charge on any atom is -0.325 e. The topological polar surface area (TPSA) is 104 Å². The number of nitrogens with zero attached hydrogens (tertiary/aromatic N) is 2. The summed E-state index contributed by atoms with van der Waals surface area (Å²) in [5.41, 5.74) is 0.601. The van der Waals surface area contributed by atoms with Gasteiger partial charge < -0.3 is 5.32 Å². The zero-order valence-corrected chi connectivity index (χ0v) is 21.4. The van der Waals surface area contributed by atoms with Gasteiger partial charge in [-0.2, -0.15) is 8.61 Å². The number of carbonyl (C=O) groups excluding carboxylic acids is 1. The predicted molar refractivity (Wildman–Crippen MR) is 135 cm³/mol. The zero-order valence-electron chi connectivity index (χ0n) is 19.8. The molecule has 1 N–H and O–H groups in total. The van der Waals surface area contributed by atoms with Crippen molar-refractivity contribution in [2.24, 2.45) is 0 Å². The summed E-state index contributed by atoms with van der Waals surface area (Å²) in [6, 6.07) is 14.1. The van der Waals surface area contributed by atoms with Crippen LogP contribution in [-0.2, 0) is 24.8 Å². The van der Waals surface area contributed by atoms with E-state index in [4.69, 9.17) is 0 Å². The van der Waals surface area contributed by atoms with E-state index in [9.17, 15) is 21.6 Å². The highest BCUT2D eigenvalue weighted by Crippen LogP contribution is 2.30. The van der Waals surface area contributed by atoms with E-state index in [1.165, 1.54) is 32.9 Å². The molecule has 1 heterocycles. The van der Waals surface area contributed by atoms with Gasteiger partial charge in [-0.25, -0.2) is 16.8 Å². The van der Waals surface area contributed by atoms with E-state index in [-0.39, 0.29) is 22.4 Å². The second-order valence-electron chi connectivity index (χ2n) is 9.19. The molecule has 2 fully saturated rings. The van der Waals surface area contributed by atoms with E-state index in [1.807, 2.05) is 6.07 Å². The average Bonchev–Trinajstić information content (AvgIpc) is 3.23. The number of anilines is 1. The number of hydrogen-bond acceptors (Lipinski definition) is 5. The summed E-state index contributed by atoms with van der Waals surface area (Å²) in [5.74, 6) is -0.410. The van der Waals surface area contributed by atoms with Crippen molar-refractivity contribution in [2.75, 3.05) is 25.0 Å². The van der Waals surface area contributed by atoms with Crippen LogP contribution in [0.2, 0.25) is 0 Å². The Morgan fingerprint density at radius 1 is 0.800 bits per heavy atom. The van der Waals surface area contributed by atoms with Gasteiger partial charge in [0.2, 0.25) is 26.0 Å². The van der Waals surface area contributed by atoms with Gasteiger partial charge in [0, 0.05) is 24.8 Å². The van der Waals surface area contributed by atoms with E-state index < -0.39 is 26.0 Å². The summed E-state index contributed by atoms with van der Waals surface area (Å²) in [4.78, 5) is 12.8. The maximum atomic E-state index is 13.6. The van der Waals surface area contributed by atoms with Crippen LogP contribution in [0.15, 0.2) is 64.4 Å². The van der Waals surface area contributed by atoms with E-state index in [2.05, 4.69) is 5.32 Å². The fourth-order valence-electron chi connectivity index (χ4n) is 4.82. The summed E-state index contributed by atoms with van der Waals surface area (Å²) >= 11 is 0. The molecule has 0 radical (unpaired) electrons. The van der Waals surface area contributed by atoms with E-state index in [1.54, 1.807) is 24.3 Å². The first kappa shape index (κ1) is 25.8. The molecule has 1 saturated carbocycles. The fraction of sp³-hybridized carbons (Fsp3) is 0.480. The first-order chi connectivity index (χ1) is 16.8. The summed E-state index contributed by atoms with van der Waals surface area (Å²) in [6.07, 6.45) is 6.88. The zero-order chi connectivity index (χ0) is 24.9. The molecule has 0 aromatic heterocycles. The van der Waals surface area contributed by atoms with Crippen LogP contribution < -0.4 is 5.32 Å². The molecule has 4 rings (SSSR count). The molecule has 0 unspecified atom stereocenters. The molecule has 2 aliphatic rings. The second kappa shape index (κ2) is 11.2. The Labute approximate surface area is 208 Å². The molecule has 1 amide bonds. The summed E-state index contributed by atoms with van der Waals surface area (Å²) in [5, 5.41) is 2.76. The molecule has 0 atom stereocenters. The number of benzene rings is 2. The second-order valence-corrected chi connectivity index (χ2v) is 13.0. The van der Waals surface area contributed by atoms with E-state index in [0.717, 1.165) is 38.5 Å². The molecule has 1 aliphatic heterocycles. The quantitative estimate of drug-likeness (QED) is 0.571. The smallest absolute Gasteiger partial charge is 0.243 e. The van der Waals surface area contributed by atoms with Gasteiger partial charge in [0.1, 0.15) is 0 Å². The molecule has 0 bridgehead atoms. The molecular weight excluding hydrogens is 486 g/mol. The number of amides is 1. The Morgan fingerprint density at radius 2 is 1.37 bits per heavy atom. The third kappa shape index (κ3) is 6.11. The third-order valence-electron chi connectivity index (χ3n) is 6.72. The van der Waals surface area contributed by atoms with Gasteiger partial charge >= 0.3 is 0 Å². The number of nitrogens with one attached hydrogen (secondary N) is 1. The fourth-order valence-corrected chi connectivity index (χ4v) is 7.97. The molecule has 2 aromatic carbocycles. The van der Waals surface area contributed by atoms with Crippen LogP contribution in [0.5, 0.6) is 0 Å². The molecule has 10 heteroatoms. The lowest BCUT2D eigenvalue weighted by molar-refractivity contribution is -0.116. The molecule has 1 saturated heterocycles. The normalized spacial score (nSPS) is 18.4. The van der Waals surface area contributed by atoms with Gasteiger partial charge in [-0.3, -0.25) is 4.79 Å². The van der Waals surface area contributed by atoms with Crippen molar-refractivity contribution in [3.63, 3.8) is 0 Å². The van der Waals surface area contributed by atoms with Crippen LogP contribution in [-0.4, -0.2) is 57.0 Å². The number of para-hydroxylation sites is 1. The first-order valence-electron chi connectivity index (χ1n) is 12.3. The number of carbonyl (C=O) groups is 1. The van der Waals surface area contributed by atoms with Crippen LogP contribution in [0.3, 0.4) is 0 Å². The minimum absolute atomic E-state index is 0.00766. The lowest BCUT2D eigenvalue weighted by atomic mass is 10.2.